The van der Waals surface area contributed by atoms with Crippen LogP contribution in [0.15, 0.2) is 48.5 Å². The molecule has 0 saturated carbocycles. The van der Waals surface area contributed by atoms with E-state index in [0.29, 0.717) is 11.9 Å². The lowest BCUT2D eigenvalue weighted by Crippen LogP contribution is -2.41. The van der Waals surface area contributed by atoms with Crippen LogP contribution < -0.4 is 22.0 Å². The lowest BCUT2D eigenvalue weighted by atomic mass is 9.79. The van der Waals surface area contributed by atoms with Crippen molar-refractivity contribution in [2.24, 2.45) is 0 Å². The lowest BCUT2D eigenvalue weighted by Gasteiger charge is -2.32. The van der Waals surface area contributed by atoms with Gasteiger partial charge in [-0.05, 0) is 90.6 Å². The van der Waals surface area contributed by atoms with E-state index >= 15 is 0 Å². The van der Waals surface area contributed by atoms with Crippen molar-refractivity contribution in [3.63, 3.8) is 0 Å². The summed E-state index contributed by atoms with van der Waals surface area (Å²) in [6.07, 6.45) is 0. The Labute approximate surface area is 243 Å². The Morgan fingerprint density at radius 3 is 1.51 bits per heavy atom. The molecule has 39 heavy (non-hydrogen) atoms. The third-order valence-corrected chi connectivity index (χ3v) is 7.73. The molecule has 216 valence electrons. The van der Waals surface area contributed by atoms with Gasteiger partial charge in [0.2, 0.25) is 0 Å². The molecule has 11 heteroatoms. The molecule has 0 bridgehead atoms. The van der Waals surface area contributed by atoms with Crippen molar-refractivity contribution in [1.82, 2.24) is 0 Å². The van der Waals surface area contributed by atoms with Gasteiger partial charge in [-0.2, -0.15) is 0 Å². The van der Waals surface area contributed by atoms with Crippen molar-refractivity contribution in [2.75, 3.05) is 36.1 Å². The molecule has 0 atom stereocenters. The number of aliphatic hydroxyl groups excluding tert-OH is 2. The van der Waals surface area contributed by atoms with E-state index in [2.05, 4.69) is 21.2 Å². The Balaban J connectivity index is 0.000000243. The predicted molar refractivity (Wildman–Crippen MR) is 165 cm³/mol. The lowest BCUT2D eigenvalue weighted by molar-refractivity contribution is 0.00578. The molecule has 0 unspecified atom stereocenters. The highest BCUT2D eigenvalue weighted by Gasteiger charge is 2.52. The summed E-state index contributed by atoms with van der Waals surface area (Å²) >= 11 is 3.00. The molecular formula is C28H45B2BrN2O6. The Morgan fingerprint density at radius 2 is 1.13 bits per heavy atom. The fourth-order valence-corrected chi connectivity index (χ4v) is 3.66. The second kappa shape index (κ2) is 13.9. The summed E-state index contributed by atoms with van der Waals surface area (Å²) in [6, 6.07) is 15.5. The average molecular weight is 607 g/mol. The summed E-state index contributed by atoms with van der Waals surface area (Å²) in [4.78, 5) is 0. The first kappa shape index (κ1) is 33.6. The molecule has 0 radical (unpaired) electrons. The maximum absolute atomic E-state index is 8.83. The van der Waals surface area contributed by atoms with Crippen molar-refractivity contribution in [1.29, 1.82) is 0 Å². The van der Waals surface area contributed by atoms with Crippen LogP contribution in [0.1, 0.15) is 55.4 Å². The highest BCUT2D eigenvalue weighted by atomic mass is 79.9. The van der Waals surface area contributed by atoms with Gasteiger partial charge in [0, 0.05) is 23.2 Å². The molecular weight excluding hydrogens is 562 g/mol. The number of nitrogen functional groups attached to an aromatic ring is 1. The van der Waals surface area contributed by atoms with Crippen LogP contribution in [-0.2, 0) is 18.6 Å². The van der Waals surface area contributed by atoms with E-state index in [1.165, 1.54) is 0 Å². The number of hydrogen-bond donors (Lipinski definition) is 4. The minimum Gasteiger partial charge on any atom is -0.399 e. The third-order valence-electron chi connectivity index (χ3n) is 7.37. The van der Waals surface area contributed by atoms with Crippen LogP contribution in [-0.4, -0.2) is 71.9 Å². The first-order valence-electron chi connectivity index (χ1n) is 13.3. The first-order chi connectivity index (χ1) is 18.1. The van der Waals surface area contributed by atoms with Crippen molar-refractivity contribution in [3.8, 4) is 0 Å². The second-order valence-electron chi connectivity index (χ2n) is 11.5. The monoisotopic (exact) mass is 606 g/mol. The van der Waals surface area contributed by atoms with Crippen LogP contribution in [0, 0.1) is 0 Å². The van der Waals surface area contributed by atoms with E-state index in [1.807, 2.05) is 104 Å². The molecule has 5 N–H and O–H groups in total. The zero-order valence-electron chi connectivity index (χ0n) is 24.6. The average Bonchev–Trinajstić information content (AvgIpc) is 3.23. The minimum absolute atomic E-state index is 0.112. The molecule has 2 saturated heterocycles. The van der Waals surface area contributed by atoms with Crippen LogP contribution in [0.4, 0.5) is 11.4 Å². The van der Waals surface area contributed by atoms with Gasteiger partial charge in [0.25, 0.3) is 0 Å². The molecule has 0 aromatic heterocycles. The van der Waals surface area contributed by atoms with Crippen LogP contribution in [0.2, 0.25) is 0 Å². The molecule has 2 aliphatic rings. The molecule has 8 nitrogen and oxygen atoms in total. The standard InChI is InChI=1S/C14H22BNO3.C12H18BNO2.C2H5BrO/c1-13(2)14(3,4)19-15(18-13)11-6-5-7-12(10-11)16-8-9-17;1-11(2)12(3,4)16-13(15-11)9-6-5-7-10(14)8-9;3-1-2-4/h5-7,10,16-17H,8-9H2,1-4H3;5-8H,14H2,1-4H3;4H,1-2H2. The maximum Gasteiger partial charge on any atom is 0.494 e. The van der Waals surface area contributed by atoms with Gasteiger partial charge < -0.3 is 39.9 Å². The van der Waals surface area contributed by atoms with E-state index in [4.69, 9.17) is 34.6 Å². The highest BCUT2D eigenvalue weighted by molar-refractivity contribution is 9.09. The van der Waals surface area contributed by atoms with Gasteiger partial charge in [-0.3, -0.25) is 0 Å². The fourth-order valence-electron chi connectivity index (χ4n) is 3.66. The smallest absolute Gasteiger partial charge is 0.399 e. The molecule has 2 aliphatic heterocycles. The number of rotatable bonds is 6. The number of anilines is 2. The van der Waals surface area contributed by atoms with Gasteiger partial charge >= 0.3 is 14.2 Å². The molecule has 2 aromatic rings. The zero-order valence-corrected chi connectivity index (χ0v) is 26.2. The Morgan fingerprint density at radius 1 is 0.718 bits per heavy atom. The largest absolute Gasteiger partial charge is 0.494 e. The quantitative estimate of drug-likeness (QED) is 0.225. The second-order valence-corrected chi connectivity index (χ2v) is 12.3. The molecule has 0 aliphatic carbocycles. The van der Waals surface area contributed by atoms with Crippen LogP contribution >= 0.6 is 15.9 Å². The predicted octanol–water partition coefficient (Wildman–Crippen LogP) is 3.33. The molecule has 2 fully saturated rings. The van der Waals surface area contributed by atoms with Gasteiger partial charge in [0.05, 0.1) is 35.6 Å². The van der Waals surface area contributed by atoms with Crippen molar-refractivity contribution < 1.29 is 28.8 Å². The van der Waals surface area contributed by atoms with Crippen LogP contribution in [0.5, 0.6) is 0 Å². The van der Waals surface area contributed by atoms with Crippen LogP contribution in [0.3, 0.4) is 0 Å². The molecule has 0 amide bonds. The molecule has 4 rings (SSSR count). The summed E-state index contributed by atoms with van der Waals surface area (Å²) in [6.45, 7) is 17.2. The molecule has 0 spiro atoms. The summed E-state index contributed by atoms with van der Waals surface area (Å²) in [5, 5.41) is 20.5. The van der Waals surface area contributed by atoms with E-state index in [9.17, 15) is 0 Å². The Kier molecular flexibility index (Phi) is 11.9. The van der Waals surface area contributed by atoms with Crippen LogP contribution in [0.25, 0.3) is 0 Å². The van der Waals surface area contributed by atoms with Gasteiger partial charge in [0.15, 0.2) is 0 Å². The summed E-state index contributed by atoms with van der Waals surface area (Å²) in [7, 11) is -0.672. The van der Waals surface area contributed by atoms with E-state index in [0.717, 1.165) is 22.3 Å². The van der Waals surface area contributed by atoms with Crippen molar-refractivity contribution in [2.45, 2.75) is 77.8 Å². The first-order valence-corrected chi connectivity index (χ1v) is 14.4. The molecule has 2 heterocycles. The SMILES string of the molecule is CC1(C)OB(c2cccc(N)c2)OC1(C)C.CC1(C)OB(c2cccc(NCCO)c2)OC1(C)C.OCCBr. The number of aliphatic hydroxyl groups is 2. The number of hydrogen-bond acceptors (Lipinski definition) is 8. The van der Waals surface area contributed by atoms with Crippen molar-refractivity contribution >= 4 is 52.5 Å². The summed E-state index contributed by atoms with van der Waals surface area (Å²) in [5.41, 5.74) is 8.14. The number of benzene rings is 2. The van der Waals surface area contributed by atoms with Gasteiger partial charge in [-0.15, -0.1) is 0 Å². The number of alkyl halides is 1. The Bertz CT molecular complexity index is 1020. The summed E-state index contributed by atoms with van der Waals surface area (Å²) in [5.74, 6) is 0. The highest BCUT2D eigenvalue weighted by Crippen LogP contribution is 2.37. The Hall–Kier alpha value is -1.59. The zero-order chi connectivity index (χ0) is 29.5. The van der Waals surface area contributed by atoms with Gasteiger partial charge in [0.1, 0.15) is 0 Å². The van der Waals surface area contributed by atoms with Gasteiger partial charge in [-0.25, -0.2) is 0 Å². The summed E-state index contributed by atoms with van der Waals surface area (Å²) < 4.78 is 23.9. The normalized spacial score (nSPS) is 20.0. The van der Waals surface area contributed by atoms with Gasteiger partial charge in [-0.1, -0.05) is 40.2 Å². The number of nitrogens with two attached hydrogens (primary N) is 1. The fraction of sp³-hybridized carbons (Fsp3) is 0.571. The number of nitrogens with one attached hydrogen (secondary N) is 1. The third kappa shape index (κ3) is 8.95. The van der Waals surface area contributed by atoms with E-state index in [1.54, 1.807) is 0 Å². The topological polar surface area (TPSA) is 115 Å². The molecule has 2 aromatic carbocycles. The van der Waals surface area contributed by atoms with E-state index in [-0.39, 0.29) is 49.9 Å². The maximum atomic E-state index is 8.83. The number of halogens is 1. The minimum atomic E-state index is -0.346. The van der Waals surface area contributed by atoms with E-state index < -0.39 is 0 Å². The van der Waals surface area contributed by atoms with Crippen molar-refractivity contribution in [3.05, 3.63) is 48.5 Å².